The minimum absolute atomic E-state index is 0.115. The average molecular weight is 338 g/mol. The smallest absolute Gasteiger partial charge is 0.134 e. The Hall–Kier alpha value is -0.800. The predicted molar refractivity (Wildman–Crippen MR) is 89.3 cm³/mol. The van der Waals surface area contributed by atoms with Gasteiger partial charge in [0.25, 0.3) is 0 Å². The number of benzene rings is 1. The highest BCUT2D eigenvalue weighted by Crippen LogP contribution is 2.38. The summed E-state index contributed by atoms with van der Waals surface area (Å²) >= 11 is 3.66. The number of hydrogen-bond acceptors (Lipinski definition) is 2. The van der Waals surface area contributed by atoms with E-state index in [9.17, 15) is 0 Å². The van der Waals surface area contributed by atoms with Gasteiger partial charge in [0.05, 0.1) is 6.04 Å². The molecule has 2 nitrogen and oxygen atoms in total. The molecular formula is C17H24BrNO. The molecule has 0 saturated carbocycles. The molecule has 0 saturated heterocycles. The maximum Gasteiger partial charge on any atom is 0.134 e. The van der Waals surface area contributed by atoms with Crippen LogP contribution in [0.15, 0.2) is 21.0 Å². The van der Waals surface area contributed by atoms with Crippen LogP contribution in [0.4, 0.5) is 0 Å². The van der Waals surface area contributed by atoms with Crippen molar-refractivity contribution in [1.82, 2.24) is 5.32 Å². The number of halogens is 1. The Morgan fingerprint density at radius 1 is 1.25 bits per heavy atom. The third kappa shape index (κ3) is 2.79. The van der Waals surface area contributed by atoms with Crippen LogP contribution in [0.25, 0.3) is 11.0 Å². The molecule has 0 bridgehead atoms. The summed E-state index contributed by atoms with van der Waals surface area (Å²) in [6.07, 6.45) is 0. The molecule has 110 valence electrons. The van der Waals surface area contributed by atoms with Crippen LogP contribution >= 0.6 is 15.9 Å². The highest BCUT2D eigenvalue weighted by atomic mass is 79.9. The lowest BCUT2D eigenvalue weighted by Gasteiger charge is -2.29. The summed E-state index contributed by atoms with van der Waals surface area (Å²) < 4.78 is 7.32. The van der Waals surface area contributed by atoms with Crippen LogP contribution in [0.2, 0.25) is 0 Å². The molecule has 2 aromatic rings. The Kier molecular flexibility index (Phi) is 4.31. The van der Waals surface area contributed by atoms with Gasteiger partial charge in [-0.05, 0) is 49.1 Å². The van der Waals surface area contributed by atoms with Crippen LogP contribution in [0.3, 0.4) is 0 Å². The molecule has 1 aromatic heterocycles. The zero-order valence-electron chi connectivity index (χ0n) is 13.2. The van der Waals surface area contributed by atoms with E-state index in [0.29, 0.717) is 0 Å². The predicted octanol–water partition coefficient (Wildman–Crippen LogP) is 5.51. The summed E-state index contributed by atoms with van der Waals surface area (Å²) in [5.41, 5.74) is 3.56. The van der Waals surface area contributed by atoms with Crippen LogP contribution < -0.4 is 5.32 Å². The molecule has 0 amide bonds. The summed E-state index contributed by atoms with van der Waals surface area (Å²) in [6, 6.07) is 4.52. The monoisotopic (exact) mass is 337 g/mol. The lowest BCUT2D eigenvalue weighted by atomic mass is 9.85. The van der Waals surface area contributed by atoms with E-state index in [1.54, 1.807) is 0 Å². The summed E-state index contributed by atoms with van der Waals surface area (Å²) in [4.78, 5) is 0. The van der Waals surface area contributed by atoms with Crippen LogP contribution in [0.5, 0.6) is 0 Å². The molecule has 0 spiro atoms. The Bertz CT molecular complexity index is 622. The highest BCUT2D eigenvalue weighted by Gasteiger charge is 2.28. The first-order chi connectivity index (χ1) is 9.25. The zero-order chi connectivity index (χ0) is 15.1. The molecule has 0 aliphatic heterocycles. The van der Waals surface area contributed by atoms with E-state index in [1.165, 1.54) is 21.0 Å². The van der Waals surface area contributed by atoms with Crippen LogP contribution in [0, 0.1) is 19.3 Å². The Morgan fingerprint density at radius 2 is 1.90 bits per heavy atom. The number of fused-ring (bicyclic) bond motifs is 1. The Morgan fingerprint density at radius 3 is 2.45 bits per heavy atom. The van der Waals surface area contributed by atoms with E-state index >= 15 is 0 Å². The van der Waals surface area contributed by atoms with Gasteiger partial charge in [-0.3, -0.25) is 0 Å². The molecule has 3 heteroatoms. The molecule has 2 rings (SSSR count). The number of aryl methyl sites for hydroxylation is 2. The van der Waals surface area contributed by atoms with Gasteiger partial charge in [-0.15, -0.1) is 0 Å². The molecular weight excluding hydrogens is 314 g/mol. The first-order valence-corrected chi connectivity index (χ1v) is 7.97. The topological polar surface area (TPSA) is 25.2 Å². The number of rotatable bonds is 3. The van der Waals surface area contributed by atoms with Crippen molar-refractivity contribution in [2.75, 3.05) is 6.54 Å². The molecule has 0 fully saturated rings. The molecule has 1 unspecified atom stereocenters. The molecule has 1 heterocycles. The molecule has 1 aromatic carbocycles. The normalized spacial score (nSPS) is 13.9. The van der Waals surface area contributed by atoms with E-state index in [1.807, 2.05) is 0 Å². The van der Waals surface area contributed by atoms with Crippen molar-refractivity contribution < 1.29 is 4.42 Å². The van der Waals surface area contributed by atoms with Gasteiger partial charge in [0.15, 0.2) is 0 Å². The van der Waals surface area contributed by atoms with Gasteiger partial charge >= 0.3 is 0 Å². The second-order valence-corrected chi connectivity index (χ2v) is 7.34. The fourth-order valence-corrected chi connectivity index (χ4v) is 3.01. The quantitative estimate of drug-likeness (QED) is 0.798. The van der Waals surface area contributed by atoms with Gasteiger partial charge < -0.3 is 9.73 Å². The second kappa shape index (κ2) is 5.53. The zero-order valence-corrected chi connectivity index (χ0v) is 14.8. The van der Waals surface area contributed by atoms with Gasteiger partial charge in [0.1, 0.15) is 11.3 Å². The minimum atomic E-state index is 0.115. The third-order valence-electron chi connectivity index (χ3n) is 3.77. The average Bonchev–Trinajstić information content (AvgIpc) is 2.75. The largest absolute Gasteiger partial charge is 0.459 e. The first kappa shape index (κ1) is 15.6. The molecule has 0 radical (unpaired) electrons. The van der Waals surface area contributed by atoms with Crippen molar-refractivity contribution >= 4 is 26.9 Å². The van der Waals surface area contributed by atoms with Gasteiger partial charge in [-0.25, -0.2) is 0 Å². The third-order valence-corrected chi connectivity index (χ3v) is 4.99. The van der Waals surface area contributed by atoms with Crippen LogP contribution in [0.1, 0.15) is 50.6 Å². The van der Waals surface area contributed by atoms with Gasteiger partial charge in [0.2, 0.25) is 0 Å². The fraction of sp³-hybridized carbons (Fsp3) is 0.529. The van der Waals surface area contributed by atoms with Crippen LogP contribution in [-0.4, -0.2) is 6.54 Å². The first-order valence-electron chi connectivity index (χ1n) is 7.18. The molecule has 20 heavy (non-hydrogen) atoms. The van der Waals surface area contributed by atoms with E-state index in [2.05, 4.69) is 74.9 Å². The summed E-state index contributed by atoms with van der Waals surface area (Å²) in [5.74, 6) is 1.02. The molecule has 0 aliphatic carbocycles. The Balaban J connectivity index is 2.58. The number of hydrogen-bond donors (Lipinski definition) is 1. The molecule has 1 N–H and O–H groups in total. The lowest BCUT2D eigenvalue weighted by Crippen LogP contribution is -2.31. The lowest BCUT2D eigenvalue weighted by molar-refractivity contribution is 0.244. The van der Waals surface area contributed by atoms with Crippen LogP contribution in [-0.2, 0) is 0 Å². The second-order valence-electron chi connectivity index (χ2n) is 6.55. The van der Waals surface area contributed by atoms with Gasteiger partial charge in [0, 0.05) is 9.86 Å². The number of furan rings is 1. The highest BCUT2D eigenvalue weighted by molar-refractivity contribution is 9.10. The standard InChI is InChI=1S/C17H24BrNO/c1-7-19-16(17(4,5)6)14-9-12-11(3)15(18)10(2)8-13(12)20-14/h8-9,16,19H,7H2,1-6H3. The fourth-order valence-electron chi connectivity index (χ4n) is 2.68. The number of nitrogens with one attached hydrogen (secondary N) is 1. The van der Waals surface area contributed by atoms with Crippen molar-refractivity contribution in [1.29, 1.82) is 0 Å². The molecule has 1 atom stereocenters. The summed E-state index contributed by atoms with van der Waals surface area (Å²) in [7, 11) is 0. The van der Waals surface area contributed by atoms with Crippen molar-refractivity contribution in [3.63, 3.8) is 0 Å². The maximum absolute atomic E-state index is 6.14. The molecule has 0 aliphatic rings. The van der Waals surface area contributed by atoms with E-state index < -0.39 is 0 Å². The maximum atomic E-state index is 6.14. The SMILES string of the molecule is CCNC(c1cc2c(C)c(Br)c(C)cc2o1)C(C)(C)C. The van der Waals surface area contributed by atoms with Crippen molar-refractivity contribution in [3.8, 4) is 0 Å². The van der Waals surface area contributed by atoms with E-state index in [-0.39, 0.29) is 11.5 Å². The van der Waals surface area contributed by atoms with Crippen molar-refractivity contribution in [2.45, 2.75) is 47.6 Å². The van der Waals surface area contributed by atoms with Crippen molar-refractivity contribution in [3.05, 3.63) is 33.5 Å². The summed E-state index contributed by atoms with van der Waals surface area (Å²) in [6.45, 7) is 14.0. The minimum Gasteiger partial charge on any atom is -0.459 e. The van der Waals surface area contributed by atoms with E-state index in [0.717, 1.165) is 17.9 Å². The van der Waals surface area contributed by atoms with Gasteiger partial charge in [-0.1, -0.05) is 43.6 Å². The van der Waals surface area contributed by atoms with Gasteiger partial charge in [-0.2, -0.15) is 0 Å². The summed E-state index contributed by atoms with van der Waals surface area (Å²) in [5, 5.41) is 4.74. The Labute approximate surface area is 130 Å². The van der Waals surface area contributed by atoms with E-state index in [4.69, 9.17) is 4.42 Å². The van der Waals surface area contributed by atoms with Crippen molar-refractivity contribution in [2.24, 2.45) is 5.41 Å².